The lowest BCUT2D eigenvalue weighted by Crippen LogP contribution is -2.30. The molecule has 0 amide bonds. The molecule has 0 aromatic heterocycles. The van der Waals surface area contributed by atoms with Crippen molar-refractivity contribution in [2.75, 3.05) is 0 Å². The SMILES string of the molecule is CC1(CC(O)C(F)(F)F)CC1. The highest BCUT2D eigenvalue weighted by Gasteiger charge is 2.47. The lowest BCUT2D eigenvalue weighted by atomic mass is 10.0. The van der Waals surface area contributed by atoms with Gasteiger partial charge in [-0.3, -0.25) is 0 Å². The van der Waals surface area contributed by atoms with Gasteiger partial charge in [0.05, 0.1) is 0 Å². The predicted octanol–water partition coefficient (Wildman–Crippen LogP) is 2.10. The van der Waals surface area contributed by atoms with Crippen molar-refractivity contribution < 1.29 is 18.3 Å². The molecule has 1 atom stereocenters. The standard InChI is InChI=1S/C7H11F3O/c1-6(2-3-6)4-5(11)7(8,9)10/h5,11H,2-4H2,1H3. The molecule has 0 bridgehead atoms. The summed E-state index contributed by atoms with van der Waals surface area (Å²) in [5, 5.41) is 8.64. The number of halogens is 3. The molecule has 1 nitrogen and oxygen atoms in total. The van der Waals surface area contributed by atoms with Crippen LogP contribution in [-0.4, -0.2) is 17.4 Å². The van der Waals surface area contributed by atoms with E-state index < -0.39 is 12.3 Å². The van der Waals surface area contributed by atoms with Crippen LogP contribution in [0.15, 0.2) is 0 Å². The van der Waals surface area contributed by atoms with Crippen LogP contribution in [0.2, 0.25) is 0 Å². The lowest BCUT2D eigenvalue weighted by molar-refractivity contribution is -0.209. The molecule has 0 aromatic carbocycles. The summed E-state index contributed by atoms with van der Waals surface area (Å²) >= 11 is 0. The first-order valence-corrected chi connectivity index (χ1v) is 3.58. The molecule has 0 aliphatic heterocycles. The molecule has 4 heteroatoms. The molecular weight excluding hydrogens is 157 g/mol. The zero-order chi connectivity index (χ0) is 8.70. The lowest BCUT2D eigenvalue weighted by Gasteiger charge is -2.17. The van der Waals surface area contributed by atoms with Crippen LogP contribution in [0, 0.1) is 5.41 Å². The highest BCUT2D eigenvalue weighted by Crippen LogP contribution is 2.50. The minimum absolute atomic E-state index is 0.142. The largest absolute Gasteiger partial charge is 0.414 e. The Morgan fingerprint density at radius 1 is 1.45 bits per heavy atom. The third kappa shape index (κ3) is 2.36. The first-order chi connectivity index (χ1) is 4.83. The van der Waals surface area contributed by atoms with E-state index in [-0.39, 0.29) is 11.8 Å². The van der Waals surface area contributed by atoms with E-state index in [2.05, 4.69) is 0 Å². The van der Waals surface area contributed by atoms with Gasteiger partial charge in [0, 0.05) is 0 Å². The molecule has 11 heavy (non-hydrogen) atoms. The average molecular weight is 168 g/mol. The Morgan fingerprint density at radius 2 is 1.91 bits per heavy atom. The van der Waals surface area contributed by atoms with Crippen molar-refractivity contribution in [2.24, 2.45) is 5.41 Å². The van der Waals surface area contributed by atoms with Gasteiger partial charge in [-0.05, 0) is 24.7 Å². The molecule has 0 spiro atoms. The van der Waals surface area contributed by atoms with Gasteiger partial charge in [0.2, 0.25) is 0 Å². The Kier molecular flexibility index (Phi) is 1.90. The summed E-state index contributed by atoms with van der Waals surface area (Å²) in [6.45, 7) is 1.77. The molecular formula is C7H11F3O. The van der Waals surface area contributed by atoms with E-state index in [1.54, 1.807) is 6.92 Å². The van der Waals surface area contributed by atoms with Crippen molar-refractivity contribution in [2.45, 2.75) is 38.5 Å². The second-order valence-corrected chi connectivity index (χ2v) is 3.57. The van der Waals surface area contributed by atoms with Crippen LogP contribution in [0.5, 0.6) is 0 Å². The summed E-state index contributed by atoms with van der Waals surface area (Å²) in [7, 11) is 0. The highest BCUT2D eigenvalue weighted by molar-refractivity contribution is 4.91. The summed E-state index contributed by atoms with van der Waals surface area (Å²) in [5.74, 6) is 0. The average Bonchev–Trinajstić information content (AvgIpc) is 2.45. The number of rotatable bonds is 2. The number of alkyl halides is 3. The van der Waals surface area contributed by atoms with Gasteiger partial charge < -0.3 is 5.11 Å². The van der Waals surface area contributed by atoms with Crippen molar-refractivity contribution in [3.8, 4) is 0 Å². The van der Waals surface area contributed by atoms with Gasteiger partial charge in [0.15, 0.2) is 0 Å². The van der Waals surface area contributed by atoms with Crippen molar-refractivity contribution in [3.63, 3.8) is 0 Å². The number of aliphatic hydroxyl groups excluding tert-OH is 1. The predicted molar refractivity (Wildman–Crippen MR) is 34.0 cm³/mol. The van der Waals surface area contributed by atoms with Gasteiger partial charge in [-0.2, -0.15) is 13.2 Å². The molecule has 1 N–H and O–H groups in total. The maximum atomic E-state index is 11.8. The maximum Gasteiger partial charge on any atom is 0.414 e. The first-order valence-electron chi connectivity index (χ1n) is 3.58. The van der Waals surface area contributed by atoms with Crippen LogP contribution in [0.4, 0.5) is 13.2 Å². The van der Waals surface area contributed by atoms with Crippen molar-refractivity contribution in [1.29, 1.82) is 0 Å². The maximum absolute atomic E-state index is 11.8. The minimum Gasteiger partial charge on any atom is -0.384 e. The topological polar surface area (TPSA) is 20.2 Å². The fraction of sp³-hybridized carbons (Fsp3) is 1.00. The second kappa shape index (κ2) is 2.37. The third-order valence-corrected chi connectivity index (χ3v) is 2.17. The molecule has 66 valence electrons. The quantitative estimate of drug-likeness (QED) is 0.669. The summed E-state index contributed by atoms with van der Waals surface area (Å²) in [6, 6.07) is 0. The molecule has 1 saturated carbocycles. The molecule has 0 heterocycles. The van der Waals surface area contributed by atoms with Crippen LogP contribution in [-0.2, 0) is 0 Å². The smallest absolute Gasteiger partial charge is 0.384 e. The Bertz CT molecular complexity index is 148. The molecule has 1 unspecified atom stereocenters. The monoisotopic (exact) mass is 168 g/mol. The fourth-order valence-corrected chi connectivity index (χ4v) is 1.00. The highest BCUT2D eigenvalue weighted by atomic mass is 19.4. The van der Waals surface area contributed by atoms with Gasteiger partial charge in [-0.25, -0.2) is 0 Å². The van der Waals surface area contributed by atoms with Crippen molar-refractivity contribution in [1.82, 2.24) is 0 Å². The number of aliphatic hydroxyl groups is 1. The zero-order valence-corrected chi connectivity index (χ0v) is 6.28. The van der Waals surface area contributed by atoms with E-state index in [1.807, 2.05) is 0 Å². The van der Waals surface area contributed by atoms with E-state index in [0.717, 1.165) is 12.8 Å². The zero-order valence-electron chi connectivity index (χ0n) is 6.28. The molecule has 0 radical (unpaired) electrons. The fourth-order valence-electron chi connectivity index (χ4n) is 1.00. The normalized spacial score (nSPS) is 24.8. The number of hydrogen-bond donors (Lipinski definition) is 1. The van der Waals surface area contributed by atoms with E-state index in [0.29, 0.717) is 0 Å². The van der Waals surface area contributed by atoms with Gasteiger partial charge >= 0.3 is 6.18 Å². The Labute approximate surface area is 63.2 Å². The second-order valence-electron chi connectivity index (χ2n) is 3.57. The van der Waals surface area contributed by atoms with E-state index in [1.165, 1.54) is 0 Å². The van der Waals surface area contributed by atoms with Gasteiger partial charge in [0.25, 0.3) is 0 Å². The minimum atomic E-state index is -4.44. The molecule has 1 aliphatic rings. The number of hydrogen-bond acceptors (Lipinski definition) is 1. The van der Waals surface area contributed by atoms with Gasteiger partial charge in [-0.1, -0.05) is 6.92 Å². The summed E-state index contributed by atoms with van der Waals surface area (Å²) in [5.41, 5.74) is -0.241. The molecule has 1 rings (SSSR count). The molecule has 1 fully saturated rings. The summed E-state index contributed by atoms with van der Waals surface area (Å²) < 4.78 is 35.3. The van der Waals surface area contributed by atoms with Crippen LogP contribution in [0.1, 0.15) is 26.2 Å². The Balaban J connectivity index is 2.37. The third-order valence-electron chi connectivity index (χ3n) is 2.17. The first kappa shape index (κ1) is 8.84. The van der Waals surface area contributed by atoms with Gasteiger partial charge in [0.1, 0.15) is 6.10 Å². The molecule has 0 saturated heterocycles. The summed E-state index contributed by atoms with van der Waals surface area (Å²) in [6.07, 6.45) is -5.10. The van der Waals surface area contributed by atoms with Crippen molar-refractivity contribution >= 4 is 0 Å². The Morgan fingerprint density at radius 3 is 2.18 bits per heavy atom. The molecule has 1 aliphatic carbocycles. The van der Waals surface area contributed by atoms with E-state index >= 15 is 0 Å². The van der Waals surface area contributed by atoms with E-state index in [4.69, 9.17) is 5.11 Å². The Hall–Kier alpha value is -0.250. The molecule has 0 aromatic rings. The van der Waals surface area contributed by atoms with Crippen LogP contribution in [0.25, 0.3) is 0 Å². The summed E-state index contributed by atoms with van der Waals surface area (Å²) in [4.78, 5) is 0. The van der Waals surface area contributed by atoms with Crippen LogP contribution in [0.3, 0.4) is 0 Å². The van der Waals surface area contributed by atoms with Gasteiger partial charge in [-0.15, -0.1) is 0 Å². The van der Waals surface area contributed by atoms with E-state index in [9.17, 15) is 13.2 Å². The van der Waals surface area contributed by atoms with Crippen LogP contribution < -0.4 is 0 Å². The van der Waals surface area contributed by atoms with Crippen molar-refractivity contribution in [3.05, 3.63) is 0 Å². The van der Waals surface area contributed by atoms with Crippen LogP contribution >= 0.6 is 0 Å².